The topological polar surface area (TPSA) is 53.6 Å². The standard InChI is InChI=1S/C15H20BrN3O2/c1-10(9-19-4-6-21-7-5-19)17-14-12-3-2-11(16)8-13(12)18-15(14)20/h2-3,8,10,14,17H,4-7,9H2,1H3,(H,18,20). The van der Waals surface area contributed by atoms with Crippen molar-refractivity contribution in [3.8, 4) is 0 Å². The van der Waals surface area contributed by atoms with Gasteiger partial charge in [-0.1, -0.05) is 22.0 Å². The molecule has 0 radical (unpaired) electrons. The molecule has 1 aromatic carbocycles. The van der Waals surface area contributed by atoms with Gasteiger partial charge in [0.15, 0.2) is 0 Å². The molecule has 0 aliphatic carbocycles. The van der Waals surface area contributed by atoms with Gasteiger partial charge >= 0.3 is 0 Å². The van der Waals surface area contributed by atoms with E-state index in [9.17, 15) is 4.79 Å². The second-order valence-corrected chi connectivity index (χ2v) is 6.55. The quantitative estimate of drug-likeness (QED) is 0.865. The number of amides is 1. The van der Waals surface area contributed by atoms with Gasteiger partial charge in [-0.15, -0.1) is 0 Å². The highest BCUT2D eigenvalue weighted by Gasteiger charge is 2.31. The van der Waals surface area contributed by atoms with Gasteiger partial charge in [-0.2, -0.15) is 0 Å². The predicted molar refractivity (Wildman–Crippen MR) is 85.4 cm³/mol. The lowest BCUT2D eigenvalue weighted by molar-refractivity contribution is -0.117. The molecule has 2 atom stereocenters. The molecule has 6 heteroatoms. The van der Waals surface area contributed by atoms with Crippen LogP contribution in [0.25, 0.3) is 0 Å². The van der Waals surface area contributed by atoms with E-state index >= 15 is 0 Å². The fourth-order valence-electron chi connectivity index (χ4n) is 2.91. The minimum absolute atomic E-state index is 0.0249. The molecule has 0 bridgehead atoms. The van der Waals surface area contributed by atoms with E-state index in [1.54, 1.807) is 0 Å². The number of halogens is 1. The molecule has 1 saturated heterocycles. The van der Waals surface area contributed by atoms with Crippen LogP contribution < -0.4 is 10.6 Å². The lowest BCUT2D eigenvalue weighted by Crippen LogP contribution is -2.46. The average molecular weight is 354 g/mol. The van der Waals surface area contributed by atoms with E-state index in [1.807, 2.05) is 18.2 Å². The summed E-state index contributed by atoms with van der Waals surface area (Å²) in [5.41, 5.74) is 1.92. The molecule has 0 aromatic heterocycles. The summed E-state index contributed by atoms with van der Waals surface area (Å²) < 4.78 is 6.33. The van der Waals surface area contributed by atoms with Gasteiger partial charge in [-0.3, -0.25) is 15.0 Å². The normalized spacial score (nSPS) is 23.7. The number of nitrogens with zero attached hydrogens (tertiary/aromatic N) is 1. The molecule has 2 N–H and O–H groups in total. The number of rotatable bonds is 4. The number of ether oxygens (including phenoxy) is 1. The van der Waals surface area contributed by atoms with Crippen molar-refractivity contribution >= 4 is 27.5 Å². The van der Waals surface area contributed by atoms with Gasteiger partial charge in [0.05, 0.1) is 13.2 Å². The van der Waals surface area contributed by atoms with E-state index in [-0.39, 0.29) is 18.0 Å². The van der Waals surface area contributed by atoms with Gasteiger partial charge in [0.1, 0.15) is 6.04 Å². The summed E-state index contributed by atoms with van der Waals surface area (Å²) in [4.78, 5) is 14.5. The van der Waals surface area contributed by atoms with E-state index in [0.717, 1.165) is 48.6 Å². The molecule has 114 valence electrons. The summed E-state index contributed by atoms with van der Waals surface area (Å²) in [5.74, 6) is 0.0249. The van der Waals surface area contributed by atoms with Crippen LogP contribution in [0.15, 0.2) is 22.7 Å². The summed E-state index contributed by atoms with van der Waals surface area (Å²) in [6.07, 6.45) is 0. The van der Waals surface area contributed by atoms with Gasteiger partial charge < -0.3 is 10.1 Å². The molecule has 2 unspecified atom stereocenters. The van der Waals surface area contributed by atoms with Crippen molar-refractivity contribution in [3.63, 3.8) is 0 Å². The van der Waals surface area contributed by atoms with Crippen LogP contribution in [-0.2, 0) is 9.53 Å². The van der Waals surface area contributed by atoms with Crippen molar-refractivity contribution in [2.45, 2.75) is 19.0 Å². The lowest BCUT2D eigenvalue weighted by Gasteiger charge is -2.30. The maximum absolute atomic E-state index is 12.1. The zero-order chi connectivity index (χ0) is 14.8. The predicted octanol–water partition coefficient (Wildman–Crippen LogP) is 1.75. The Morgan fingerprint density at radius 3 is 3.00 bits per heavy atom. The maximum atomic E-state index is 12.1. The molecule has 1 amide bonds. The summed E-state index contributed by atoms with van der Waals surface area (Å²) in [6, 6.07) is 5.90. The second kappa shape index (κ2) is 6.44. The Morgan fingerprint density at radius 1 is 1.48 bits per heavy atom. The average Bonchev–Trinajstić information content (AvgIpc) is 2.75. The summed E-state index contributed by atoms with van der Waals surface area (Å²) in [7, 11) is 0. The third-order valence-corrected chi connectivity index (χ3v) is 4.43. The van der Waals surface area contributed by atoms with Gasteiger partial charge in [0.2, 0.25) is 5.91 Å². The van der Waals surface area contributed by atoms with Crippen LogP contribution >= 0.6 is 15.9 Å². The van der Waals surface area contributed by atoms with Gasteiger partial charge in [-0.05, 0) is 19.1 Å². The van der Waals surface area contributed by atoms with Gasteiger partial charge in [0.25, 0.3) is 0 Å². The molecule has 0 spiro atoms. The number of morpholine rings is 1. The first-order valence-electron chi connectivity index (χ1n) is 7.30. The number of hydrogen-bond donors (Lipinski definition) is 2. The third kappa shape index (κ3) is 3.45. The smallest absolute Gasteiger partial charge is 0.246 e. The van der Waals surface area contributed by atoms with E-state index in [4.69, 9.17) is 4.74 Å². The van der Waals surface area contributed by atoms with Gasteiger partial charge in [0, 0.05) is 41.4 Å². The fourth-order valence-corrected chi connectivity index (χ4v) is 3.27. The van der Waals surface area contributed by atoms with Crippen molar-refractivity contribution in [3.05, 3.63) is 28.2 Å². The van der Waals surface area contributed by atoms with Crippen LogP contribution in [0.4, 0.5) is 5.69 Å². The van der Waals surface area contributed by atoms with Crippen molar-refractivity contribution in [2.24, 2.45) is 0 Å². The summed E-state index contributed by atoms with van der Waals surface area (Å²) in [6.45, 7) is 6.58. The Morgan fingerprint density at radius 2 is 2.24 bits per heavy atom. The Balaban J connectivity index is 1.63. The number of hydrogen-bond acceptors (Lipinski definition) is 4. The van der Waals surface area contributed by atoms with E-state index < -0.39 is 0 Å². The number of anilines is 1. The highest BCUT2D eigenvalue weighted by atomic mass is 79.9. The third-order valence-electron chi connectivity index (χ3n) is 3.93. The summed E-state index contributed by atoms with van der Waals surface area (Å²) in [5, 5.41) is 6.37. The lowest BCUT2D eigenvalue weighted by atomic mass is 10.1. The molecule has 3 rings (SSSR count). The van der Waals surface area contributed by atoms with E-state index in [1.165, 1.54) is 0 Å². The molecular formula is C15H20BrN3O2. The molecule has 2 aliphatic rings. The van der Waals surface area contributed by atoms with Crippen LogP contribution in [0.2, 0.25) is 0 Å². The monoisotopic (exact) mass is 353 g/mol. The Bertz CT molecular complexity index is 532. The zero-order valence-corrected chi connectivity index (χ0v) is 13.6. The summed E-state index contributed by atoms with van der Waals surface area (Å²) >= 11 is 3.43. The molecule has 1 fully saturated rings. The Hall–Kier alpha value is -0.950. The number of carbonyl (C=O) groups is 1. The molecular weight excluding hydrogens is 334 g/mol. The van der Waals surface area contributed by atoms with E-state index in [0.29, 0.717) is 0 Å². The number of carbonyl (C=O) groups excluding carboxylic acids is 1. The highest BCUT2D eigenvalue weighted by molar-refractivity contribution is 9.10. The van der Waals surface area contributed by atoms with Crippen LogP contribution in [0.3, 0.4) is 0 Å². The first kappa shape index (κ1) is 15.0. The Labute approximate surface area is 133 Å². The van der Waals surface area contributed by atoms with Crippen molar-refractivity contribution in [2.75, 3.05) is 38.2 Å². The number of fused-ring (bicyclic) bond motifs is 1. The van der Waals surface area contributed by atoms with E-state index in [2.05, 4.69) is 38.4 Å². The fraction of sp³-hybridized carbons (Fsp3) is 0.533. The largest absolute Gasteiger partial charge is 0.379 e. The molecule has 2 heterocycles. The molecule has 1 aromatic rings. The van der Waals surface area contributed by atoms with Crippen molar-refractivity contribution in [1.29, 1.82) is 0 Å². The van der Waals surface area contributed by atoms with Crippen LogP contribution in [0.5, 0.6) is 0 Å². The molecule has 21 heavy (non-hydrogen) atoms. The van der Waals surface area contributed by atoms with Crippen molar-refractivity contribution < 1.29 is 9.53 Å². The Kier molecular flexibility index (Phi) is 4.59. The maximum Gasteiger partial charge on any atom is 0.246 e. The van der Waals surface area contributed by atoms with Crippen LogP contribution in [0.1, 0.15) is 18.5 Å². The second-order valence-electron chi connectivity index (χ2n) is 5.63. The number of nitrogens with one attached hydrogen (secondary N) is 2. The van der Waals surface area contributed by atoms with Gasteiger partial charge in [-0.25, -0.2) is 0 Å². The SMILES string of the molecule is CC(CN1CCOCC1)NC1C(=O)Nc2cc(Br)ccc21. The molecule has 5 nitrogen and oxygen atoms in total. The van der Waals surface area contributed by atoms with Crippen molar-refractivity contribution in [1.82, 2.24) is 10.2 Å². The first-order chi connectivity index (χ1) is 10.1. The van der Waals surface area contributed by atoms with Crippen LogP contribution in [0, 0.1) is 0 Å². The molecule has 0 saturated carbocycles. The van der Waals surface area contributed by atoms with Crippen LogP contribution in [-0.4, -0.2) is 49.7 Å². The highest BCUT2D eigenvalue weighted by Crippen LogP contribution is 2.33. The minimum atomic E-state index is -0.260. The first-order valence-corrected chi connectivity index (χ1v) is 8.09. The molecule has 2 aliphatic heterocycles. The zero-order valence-electron chi connectivity index (χ0n) is 12.1. The minimum Gasteiger partial charge on any atom is -0.379 e. The number of benzene rings is 1.